The van der Waals surface area contributed by atoms with Gasteiger partial charge in [0, 0.05) is 121 Å². The van der Waals surface area contributed by atoms with Crippen LogP contribution in [0.1, 0.15) is 0 Å². The van der Waals surface area contributed by atoms with Crippen molar-refractivity contribution < 1.29 is 8.83 Å². The van der Waals surface area contributed by atoms with E-state index in [0.29, 0.717) is 0 Å². The van der Waals surface area contributed by atoms with Crippen LogP contribution in [-0.2, 0) is 0 Å². The maximum absolute atomic E-state index is 6.83. The molecule has 0 radical (unpaired) electrons. The summed E-state index contributed by atoms with van der Waals surface area (Å²) < 4.78 is 20.7. The van der Waals surface area contributed by atoms with Crippen molar-refractivity contribution in [3.05, 3.63) is 267 Å². The fourth-order valence-corrected chi connectivity index (χ4v) is 13.7. The van der Waals surface area contributed by atoms with Crippen molar-refractivity contribution in [2.75, 3.05) is 9.80 Å². The largest absolute Gasteiger partial charge is 0.456 e. The summed E-state index contributed by atoms with van der Waals surface area (Å²) in [6.07, 6.45) is 0. The van der Waals surface area contributed by atoms with Gasteiger partial charge in [-0.25, -0.2) is 0 Å². The highest BCUT2D eigenvalue weighted by atomic mass is 32.1. The zero-order valence-corrected chi connectivity index (χ0v) is 43.2. The molecule has 5 aromatic heterocycles. The number of furan rings is 2. The van der Waals surface area contributed by atoms with Crippen LogP contribution in [0.4, 0.5) is 34.1 Å². The Hall–Kier alpha value is -10.3. The lowest BCUT2D eigenvalue weighted by Gasteiger charge is -2.25. The molecule has 79 heavy (non-hydrogen) atoms. The molecule has 17 rings (SSSR count). The molecular weight excluding hydrogens is 985 g/mol. The molecule has 7 heteroatoms. The second kappa shape index (κ2) is 17.1. The number of para-hydroxylation sites is 6. The fraction of sp³-hybridized carbons (Fsp3) is 0. The molecule has 5 heterocycles. The van der Waals surface area contributed by atoms with Crippen molar-refractivity contribution in [2.24, 2.45) is 0 Å². The van der Waals surface area contributed by atoms with Gasteiger partial charge in [0.25, 0.3) is 0 Å². The van der Waals surface area contributed by atoms with E-state index >= 15 is 0 Å². The molecule has 0 aliphatic heterocycles. The smallest absolute Gasteiger partial charge is 0.137 e. The third kappa shape index (κ3) is 6.76. The number of thiophene rings is 1. The van der Waals surface area contributed by atoms with Gasteiger partial charge in [0.1, 0.15) is 22.3 Å². The number of hydrogen-bond acceptors (Lipinski definition) is 5. The normalized spacial score (nSPS) is 12.1. The molecule has 12 aromatic carbocycles. The average molecular weight is 1030 g/mol. The van der Waals surface area contributed by atoms with E-state index in [0.717, 1.165) is 89.4 Å². The van der Waals surface area contributed by atoms with E-state index in [2.05, 4.69) is 286 Å². The third-order valence-electron chi connectivity index (χ3n) is 16.0. The Labute approximate surface area is 456 Å². The Balaban J connectivity index is 0.758. The first kappa shape index (κ1) is 43.9. The van der Waals surface area contributed by atoms with Crippen LogP contribution in [0.25, 0.3) is 119 Å². The number of rotatable bonds is 8. The van der Waals surface area contributed by atoms with Gasteiger partial charge in [-0.2, -0.15) is 0 Å². The monoisotopic (exact) mass is 1030 g/mol. The second-order valence-corrected chi connectivity index (χ2v) is 21.6. The van der Waals surface area contributed by atoms with E-state index in [-0.39, 0.29) is 0 Å². The van der Waals surface area contributed by atoms with E-state index in [4.69, 9.17) is 8.83 Å². The highest BCUT2D eigenvalue weighted by Gasteiger charge is 2.23. The van der Waals surface area contributed by atoms with Gasteiger partial charge in [-0.3, -0.25) is 0 Å². The summed E-state index contributed by atoms with van der Waals surface area (Å²) in [4.78, 5) is 4.67. The van der Waals surface area contributed by atoms with Gasteiger partial charge in [-0.15, -0.1) is 11.3 Å². The Morgan fingerprint density at radius 1 is 0.241 bits per heavy atom. The van der Waals surface area contributed by atoms with Gasteiger partial charge in [-0.05, 0) is 146 Å². The van der Waals surface area contributed by atoms with Crippen molar-refractivity contribution in [1.82, 2.24) is 9.13 Å². The first-order valence-corrected chi connectivity index (χ1v) is 27.5. The molecule has 6 nitrogen and oxygen atoms in total. The molecule has 0 saturated carbocycles. The fourth-order valence-electron chi connectivity index (χ4n) is 12.5. The molecule has 0 aliphatic rings. The van der Waals surface area contributed by atoms with Crippen LogP contribution in [0.5, 0.6) is 0 Å². The summed E-state index contributed by atoms with van der Waals surface area (Å²) in [5, 5.41) is 11.6. The van der Waals surface area contributed by atoms with E-state index in [1.54, 1.807) is 11.3 Å². The van der Waals surface area contributed by atoms with Gasteiger partial charge >= 0.3 is 0 Å². The Morgan fingerprint density at radius 3 is 1.04 bits per heavy atom. The predicted molar refractivity (Wildman–Crippen MR) is 332 cm³/mol. The Morgan fingerprint density at radius 2 is 0.595 bits per heavy atom. The maximum atomic E-state index is 6.83. The van der Waals surface area contributed by atoms with Gasteiger partial charge in [-0.1, -0.05) is 109 Å². The minimum Gasteiger partial charge on any atom is -0.456 e. The zero-order chi connectivity index (χ0) is 51.7. The van der Waals surface area contributed by atoms with Crippen LogP contribution < -0.4 is 9.80 Å². The number of aromatic nitrogens is 2. The molecule has 0 bridgehead atoms. The maximum Gasteiger partial charge on any atom is 0.137 e. The molecule has 0 amide bonds. The highest BCUT2D eigenvalue weighted by Crippen LogP contribution is 2.47. The average Bonchev–Trinajstić information content (AvgIpc) is 4.50. The number of nitrogens with zero attached hydrogens (tertiary/aromatic N) is 4. The first-order chi connectivity index (χ1) is 39.1. The molecule has 17 aromatic rings. The minimum absolute atomic E-state index is 0.847. The van der Waals surface area contributed by atoms with Crippen molar-refractivity contribution in [3.8, 4) is 11.4 Å². The summed E-state index contributed by atoms with van der Waals surface area (Å²) in [7, 11) is 0. The van der Waals surface area contributed by atoms with Crippen LogP contribution >= 0.6 is 11.3 Å². The van der Waals surface area contributed by atoms with Crippen LogP contribution in [0.3, 0.4) is 0 Å². The zero-order valence-electron chi connectivity index (χ0n) is 42.4. The Kier molecular flexibility index (Phi) is 9.48. The topological polar surface area (TPSA) is 42.6 Å². The molecule has 0 unspecified atom stereocenters. The molecule has 0 atom stereocenters. The summed E-state index contributed by atoms with van der Waals surface area (Å²) in [5.41, 5.74) is 16.7. The van der Waals surface area contributed by atoms with Crippen molar-refractivity contribution in [2.45, 2.75) is 0 Å². The predicted octanol–water partition coefficient (Wildman–Crippen LogP) is 21.0. The van der Waals surface area contributed by atoms with E-state index < -0.39 is 0 Å². The van der Waals surface area contributed by atoms with Crippen LogP contribution in [0.2, 0.25) is 0 Å². The number of anilines is 6. The third-order valence-corrected chi connectivity index (χ3v) is 17.1. The van der Waals surface area contributed by atoms with Crippen LogP contribution in [0.15, 0.2) is 276 Å². The summed E-state index contributed by atoms with van der Waals surface area (Å²) >= 11 is 1.78. The summed E-state index contributed by atoms with van der Waals surface area (Å²) in [5.74, 6) is 0. The quantitative estimate of drug-likeness (QED) is 0.152. The molecule has 0 spiro atoms. The lowest BCUT2D eigenvalue weighted by atomic mass is 10.0. The van der Waals surface area contributed by atoms with Crippen molar-refractivity contribution in [1.29, 1.82) is 0 Å². The lowest BCUT2D eigenvalue weighted by Crippen LogP contribution is -2.09. The number of hydrogen-bond donors (Lipinski definition) is 0. The van der Waals surface area contributed by atoms with Crippen molar-refractivity contribution >= 4 is 153 Å². The van der Waals surface area contributed by atoms with Crippen LogP contribution in [-0.4, -0.2) is 9.13 Å². The molecule has 0 saturated heterocycles. The van der Waals surface area contributed by atoms with Gasteiger partial charge in [0.05, 0.1) is 22.1 Å². The van der Waals surface area contributed by atoms with Gasteiger partial charge in [0.15, 0.2) is 0 Å². The SMILES string of the molecule is c1ccc(N(c2ccc3c(c2)oc2cc4sc5cc6oc7cc(N(c8ccccc8)c8ccc9c(c8)c8ccccc8n9-c8ccccc8)ccc7c6cc5c4cc23)c2ccc3c(c2)c2ccccc2n3-c2ccccc2)cc1. The minimum atomic E-state index is 0.847. The molecule has 0 N–H and O–H groups in total. The van der Waals surface area contributed by atoms with Crippen LogP contribution in [0, 0.1) is 0 Å². The highest BCUT2D eigenvalue weighted by molar-refractivity contribution is 7.26. The standard InChI is InChI=1S/C72H44N4O2S/c1-5-17-45(18-6-1)73(49-31-35-65-57(37-49)53-25-13-15-27-63(53)75(65)47-21-9-3-10-22-47)51-29-33-55-59-41-61-62-42-60-56-34-30-52(40-68(56)78-70(60)44-72(62)79-71(61)43-69(59)77-67(55)39-51)74(46-19-7-2-8-20-46)50-32-36-66-58(38-50)54-26-14-16-28-64(54)76(66)48-23-11-4-12-24-48/h1-44H. The summed E-state index contributed by atoms with van der Waals surface area (Å²) in [6.45, 7) is 0. The van der Waals surface area contributed by atoms with Gasteiger partial charge in [0.2, 0.25) is 0 Å². The summed E-state index contributed by atoms with van der Waals surface area (Å²) in [6, 6.07) is 96.0. The number of fused-ring (bicyclic) bond motifs is 15. The second-order valence-electron chi connectivity index (χ2n) is 20.5. The molecule has 370 valence electrons. The van der Waals surface area contributed by atoms with Crippen molar-refractivity contribution in [3.63, 3.8) is 0 Å². The van der Waals surface area contributed by atoms with E-state index in [1.165, 1.54) is 63.8 Å². The lowest BCUT2D eigenvalue weighted by molar-refractivity contribution is 0.669. The number of benzene rings is 12. The molecule has 0 fully saturated rings. The molecular formula is C72H44N4O2S. The van der Waals surface area contributed by atoms with Gasteiger partial charge < -0.3 is 27.8 Å². The Bertz CT molecular complexity index is 4940. The first-order valence-electron chi connectivity index (χ1n) is 26.7. The van der Waals surface area contributed by atoms with E-state index in [9.17, 15) is 0 Å². The molecule has 0 aliphatic carbocycles. The van der Waals surface area contributed by atoms with E-state index in [1.807, 2.05) is 0 Å².